The van der Waals surface area contributed by atoms with E-state index in [4.69, 9.17) is 4.74 Å². The number of hydrogen-bond donors (Lipinski definition) is 0. The van der Waals surface area contributed by atoms with Crippen molar-refractivity contribution in [3.63, 3.8) is 0 Å². The molecule has 0 spiro atoms. The molecule has 0 N–H and O–H groups in total. The van der Waals surface area contributed by atoms with Crippen LogP contribution in [0.3, 0.4) is 0 Å². The number of hydrogen-bond acceptors (Lipinski definition) is 4. The predicted octanol–water partition coefficient (Wildman–Crippen LogP) is 2.55. The van der Waals surface area contributed by atoms with E-state index in [0.29, 0.717) is 19.4 Å². The van der Waals surface area contributed by atoms with Gasteiger partial charge in [-0.2, -0.15) is 18.3 Å². The Morgan fingerprint density at radius 3 is 2.63 bits per heavy atom. The molecule has 1 aromatic heterocycles. The fraction of sp³-hybridized carbons (Fsp3) is 0.700. The molecule has 1 fully saturated rings. The maximum Gasteiger partial charge on any atom is 0.442 e. The molecule has 6 nitrogen and oxygen atoms in total. The lowest BCUT2D eigenvalue weighted by Gasteiger charge is -2.34. The molecule has 1 aromatic rings. The highest BCUT2D eigenvalue weighted by Crippen LogP contribution is 2.39. The minimum absolute atomic E-state index is 0.00686. The van der Waals surface area contributed by atoms with Crippen LogP contribution in [0.25, 0.3) is 0 Å². The van der Waals surface area contributed by atoms with E-state index in [9.17, 15) is 23.3 Å². The van der Waals surface area contributed by atoms with Crippen molar-refractivity contribution in [1.29, 1.82) is 0 Å². The molecule has 0 aliphatic heterocycles. The third-order valence-electron chi connectivity index (χ3n) is 3.02. The first-order valence-electron chi connectivity index (χ1n) is 5.75. The van der Waals surface area contributed by atoms with Gasteiger partial charge in [0.25, 0.3) is 0 Å². The van der Waals surface area contributed by atoms with Gasteiger partial charge in [0.2, 0.25) is 5.69 Å². The van der Waals surface area contributed by atoms with Crippen molar-refractivity contribution in [3.8, 4) is 0 Å². The van der Waals surface area contributed by atoms with Gasteiger partial charge in [0.15, 0.2) is 0 Å². The molecule has 0 radical (unpaired) electrons. The van der Waals surface area contributed by atoms with Crippen LogP contribution in [0, 0.1) is 10.1 Å². The molecule has 19 heavy (non-hydrogen) atoms. The fourth-order valence-corrected chi connectivity index (χ4v) is 2.03. The van der Waals surface area contributed by atoms with Gasteiger partial charge in [-0.1, -0.05) is 0 Å². The van der Waals surface area contributed by atoms with E-state index in [0.717, 1.165) is 10.9 Å². The Hall–Kier alpha value is -1.64. The number of aromatic nitrogens is 2. The van der Waals surface area contributed by atoms with E-state index in [-0.39, 0.29) is 12.1 Å². The Morgan fingerprint density at radius 2 is 2.21 bits per heavy atom. The van der Waals surface area contributed by atoms with Gasteiger partial charge in [-0.25, -0.2) is 0 Å². The van der Waals surface area contributed by atoms with Gasteiger partial charge in [-0.15, -0.1) is 0 Å². The average Bonchev–Trinajstić information content (AvgIpc) is 2.66. The van der Waals surface area contributed by atoms with Gasteiger partial charge in [-0.05, 0) is 19.8 Å². The SMILES string of the molecule is CCO[C@H]1C[C@H](n2cc([N+](=O)[O-])c(C(F)(F)F)n2)C1. The smallest absolute Gasteiger partial charge is 0.378 e. The van der Waals surface area contributed by atoms with Crippen LogP contribution in [0.5, 0.6) is 0 Å². The molecule has 1 saturated carbocycles. The fourth-order valence-electron chi connectivity index (χ4n) is 2.03. The second kappa shape index (κ2) is 4.80. The molecule has 1 heterocycles. The van der Waals surface area contributed by atoms with Crippen LogP contribution in [0.1, 0.15) is 31.5 Å². The molecule has 1 aliphatic rings. The van der Waals surface area contributed by atoms with Crippen molar-refractivity contribution in [3.05, 3.63) is 22.0 Å². The third kappa shape index (κ3) is 2.70. The highest BCUT2D eigenvalue weighted by atomic mass is 19.4. The van der Waals surface area contributed by atoms with Crippen LogP contribution < -0.4 is 0 Å². The zero-order valence-electron chi connectivity index (χ0n) is 10.1. The third-order valence-corrected chi connectivity index (χ3v) is 3.02. The molecule has 1 aliphatic carbocycles. The maximum atomic E-state index is 12.6. The molecule has 0 amide bonds. The summed E-state index contributed by atoms with van der Waals surface area (Å²) in [6.07, 6.45) is -2.95. The minimum atomic E-state index is -4.82. The van der Waals surface area contributed by atoms with Crippen LogP contribution in [0.4, 0.5) is 18.9 Å². The quantitative estimate of drug-likeness (QED) is 0.627. The van der Waals surface area contributed by atoms with Gasteiger partial charge in [0.1, 0.15) is 6.20 Å². The molecule has 2 rings (SSSR count). The number of alkyl halides is 3. The Kier molecular flexibility index (Phi) is 3.48. The number of nitro groups is 1. The Balaban J connectivity index is 2.18. The Labute approximate surface area is 106 Å². The van der Waals surface area contributed by atoms with E-state index >= 15 is 0 Å². The molecular weight excluding hydrogens is 267 g/mol. The number of nitrogens with zero attached hydrogens (tertiary/aromatic N) is 3. The van der Waals surface area contributed by atoms with Gasteiger partial charge in [0.05, 0.1) is 17.1 Å². The van der Waals surface area contributed by atoms with Crippen molar-refractivity contribution in [1.82, 2.24) is 9.78 Å². The number of halogens is 3. The number of rotatable bonds is 4. The van der Waals surface area contributed by atoms with Crippen molar-refractivity contribution in [2.24, 2.45) is 0 Å². The summed E-state index contributed by atoms with van der Waals surface area (Å²) in [5.74, 6) is 0. The van der Waals surface area contributed by atoms with Crippen LogP contribution in [0.2, 0.25) is 0 Å². The Bertz CT molecular complexity index is 480. The monoisotopic (exact) mass is 279 g/mol. The van der Waals surface area contributed by atoms with E-state index in [1.165, 1.54) is 0 Å². The second-order valence-electron chi connectivity index (χ2n) is 4.30. The predicted molar refractivity (Wildman–Crippen MR) is 57.6 cm³/mol. The number of ether oxygens (including phenoxy) is 1. The lowest BCUT2D eigenvalue weighted by molar-refractivity contribution is -0.388. The topological polar surface area (TPSA) is 70.2 Å². The van der Waals surface area contributed by atoms with Gasteiger partial charge < -0.3 is 4.74 Å². The van der Waals surface area contributed by atoms with Crippen LogP contribution >= 0.6 is 0 Å². The van der Waals surface area contributed by atoms with Crippen molar-refractivity contribution < 1.29 is 22.8 Å². The summed E-state index contributed by atoms with van der Waals surface area (Å²) in [6, 6.07) is -0.272. The largest absolute Gasteiger partial charge is 0.442 e. The molecule has 9 heteroatoms. The second-order valence-corrected chi connectivity index (χ2v) is 4.30. The minimum Gasteiger partial charge on any atom is -0.378 e. The summed E-state index contributed by atoms with van der Waals surface area (Å²) >= 11 is 0. The normalized spacial score (nSPS) is 23.2. The summed E-state index contributed by atoms with van der Waals surface area (Å²) in [6.45, 7) is 2.36. The lowest BCUT2D eigenvalue weighted by Crippen LogP contribution is -2.33. The first kappa shape index (κ1) is 13.8. The van der Waals surface area contributed by atoms with Crippen molar-refractivity contribution in [2.75, 3.05) is 6.61 Å². The summed E-state index contributed by atoms with van der Waals surface area (Å²) < 4.78 is 44.1. The van der Waals surface area contributed by atoms with E-state index in [1.807, 2.05) is 6.92 Å². The van der Waals surface area contributed by atoms with E-state index in [1.54, 1.807) is 0 Å². The molecule has 0 unspecified atom stereocenters. The van der Waals surface area contributed by atoms with Crippen molar-refractivity contribution >= 4 is 5.69 Å². The zero-order valence-corrected chi connectivity index (χ0v) is 10.1. The zero-order chi connectivity index (χ0) is 14.2. The van der Waals surface area contributed by atoms with Crippen LogP contribution in [-0.2, 0) is 10.9 Å². The van der Waals surface area contributed by atoms with Gasteiger partial charge in [0, 0.05) is 6.61 Å². The van der Waals surface area contributed by atoms with E-state index < -0.39 is 22.5 Å². The summed E-state index contributed by atoms with van der Waals surface area (Å²) in [4.78, 5) is 9.54. The molecule has 0 aromatic carbocycles. The van der Waals surface area contributed by atoms with Crippen molar-refractivity contribution in [2.45, 2.75) is 38.1 Å². The lowest BCUT2D eigenvalue weighted by atomic mass is 9.89. The average molecular weight is 279 g/mol. The summed E-state index contributed by atoms with van der Waals surface area (Å²) in [5.41, 5.74) is -2.45. The molecule has 106 valence electrons. The first-order chi connectivity index (χ1) is 8.82. The molecule has 0 saturated heterocycles. The maximum absolute atomic E-state index is 12.6. The highest BCUT2D eigenvalue weighted by molar-refractivity contribution is 5.35. The highest BCUT2D eigenvalue weighted by Gasteiger charge is 2.44. The molecule has 0 atom stereocenters. The molecule has 0 bridgehead atoms. The Morgan fingerprint density at radius 1 is 1.58 bits per heavy atom. The van der Waals surface area contributed by atoms with Gasteiger partial charge >= 0.3 is 11.9 Å². The molecular formula is C10H12F3N3O3. The van der Waals surface area contributed by atoms with Crippen LogP contribution in [-0.4, -0.2) is 27.4 Å². The standard InChI is InChI=1S/C10H12F3N3O3/c1-2-19-7-3-6(4-7)15-5-8(16(17)18)9(14-15)10(11,12)13/h5-7H,2-4H2,1H3/t6-,7-. The summed E-state index contributed by atoms with van der Waals surface area (Å²) in [7, 11) is 0. The van der Waals surface area contributed by atoms with Crippen LogP contribution in [0.15, 0.2) is 6.20 Å². The first-order valence-corrected chi connectivity index (χ1v) is 5.75. The summed E-state index contributed by atoms with van der Waals surface area (Å²) in [5, 5.41) is 13.9. The van der Waals surface area contributed by atoms with Gasteiger partial charge in [-0.3, -0.25) is 14.8 Å². The van der Waals surface area contributed by atoms with E-state index in [2.05, 4.69) is 5.10 Å².